The highest BCUT2D eigenvalue weighted by Gasteiger charge is 2.18. The van der Waals surface area contributed by atoms with E-state index in [1.807, 2.05) is 6.92 Å². The minimum absolute atomic E-state index is 0.0117. The van der Waals surface area contributed by atoms with Crippen LogP contribution in [0, 0.1) is 0 Å². The minimum Gasteiger partial charge on any atom is -0.481 e. The molecule has 0 aromatic rings. The van der Waals surface area contributed by atoms with Crippen LogP contribution in [0.2, 0.25) is 0 Å². The number of carboxylic acid groups (broad SMARTS) is 1. The summed E-state index contributed by atoms with van der Waals surface area (Å²) >= 11 is 0. The van der Waals surface area contributed by atoms with Gasteiger partial charge in [-0.15, -0.1) is 0 Å². The van der Waals surface area contributed by atoms with Crippen LogP contribution in [0.25, 0.3) is 0 Å². The Kier molecular flexibility index (Phi) is 5.97. The molecular weight excluding hydrogens is 222 g/mol. The Hall–Kier alpha value is -1.10. The zero-order valence-electron chi connectivity index (χ0n) is 10.3. The number of amides is 1. The van der Waals surface area contributed by atoms with Crippen LogP contribution in [0.3, 0.4) is 0 Å². The van der Waals surface area contributed by atoms with Gasteiger partial charge in [0, 0.05) is 19.1 Å². The van der Waals surface area contributed by atoms with Gasteiger partial charge < -0.3 is 15.2 Å². The van der Waals surface area contributed by atoms with Crippen molar-refractivity contribution in [1.29, 1.82) is 0 Å². The fourth-order valence-corrected chi connectivity index (χ4v) is 1.97. The van der Waals surface area contributed by atoms with Crippen LogP contribution < -0.4 is 5.32 Å². The second-order valence-corrected chi connectivity index (χ2v) is 4.44. The maximum atomic E-state index is 11.6. The van der Waals surface area contributed by atoms with Gasteiger partial charge in [0.25, 0.3) is 0 Å². The van der Waals surface area contributed by atoms with Gasteiger partial charge in [-0.2, -0.15) is 0 Å². The molecule has 1 saturated heterocycles. The minimum atomic E-state index is -0.878. The number of carbonyl (C=O) groups is 2. The molecule has 5 heteroatoms. The quantitative estimate of drug-likeness (QED) is 0.707. The largest absolute Gasteiger partial charge is 0.481 e. The Bertz CT molecular complexity index is 261. The molecular formula is C12H21NO4. The van der Waals surface area contributed by atoms with E-state index >= 15 is 0 Å². The Balaban J connectivity index is 2.19. The zero-order valence-corrected chi connectivity index (χ0v) is 10.3. The first-order chi connectivity index (χ1) is 8.11. The van der Waals surface area contributed by atoms with Crippen molar-refractivity contribution >= 4 is 11.9 Å². The summed E-state index contributed by atoms with van der Waals surface area (Å²) in [5.74, 6) is -0.954. The molecule has 1 amide bonds. The normalized spacial score (nSPS) is 21.1. The van der Waals surface area contributed by atoms with Gasteiger partial charge in [-0.3, -0.25) is 9.59 Å². The number of carbonyl (C=O) groups excluding carboxylic acids is 1. The van der Waals surface area contributed by atoms with Crippen molar-refractivity contribution in [3.63, 3.8) is 0 Å². The lowest BCUT2D eigenvalue weighted by atomic mass is 10.1. The van der Waals surface area contributed by atoms with E-state index in [-0.39, 0.29) is 24.5 Å². The predicted molar refractivity (Wildman–Crippen MR) is 62.7 cm³/mol. The first-order valence-electron chi connectivity index (χ1n) is 6.24. The van der Waals surface area contributed by atoms with Crippen molar-refractivity contribution in [2.24, 2.45) is 0 Å². The molecule has 1 heterocycles. The summed E-state index contributed by atoms with van der Waals surface area (Å²) in [6.45, 7) is 2.66. The van der Waals surface area contributed by atoms with Crippen molar-refractivity contribution < 1.29 is 19.4 Å². The summed E-state index contributed by atoms with van der Waals surface area (Å²) in [5.41, 5.74) is 0. The predicted octanol–water partition coefficient (Wildman–Crippen LogP) is 1.32. The highest BCUT2D eigenvalue weighted by Crippen LogP contribution is 2.16. The van der Waals surface area contributed by atoms with E-state index in [0.29, 0.717) is 12.8 Å². The van der Waals surface area contributed by atoms with Crippen molar-refractivity contribution in [2.45, 2.75) is 57.6 Å². The molecule has 1 rings (SSSR count). The molecule has 0 aromatic heterocycles. The molecule has 0 aromatic carbocycles. The van der Waals surface area contributed by atoms with Crippen LogP contribution in [-0.2, 0) is 14.3 Å². The molecule has 2 N–H and O–H groups in total. The van der Waals surface area contributed by atoms with Gasteiger partial charge >= 0.3 is 5.97 Å². The molecule has 98 valence electrons. The van der Waals surface area contributed by atoms with E-state index < -0.39 is 5.97 Å². The number of hydrogen-bond donors (Lipinski definition) is 2. The van der Waals surface area contributed by atoms with Crippen molar-refractivity contribution in [3.8, 4) is 0 Å². The Morgan fingerprint density at radius 2 is 2.29 bits per heavy atom. The first kappa shape index (κ1) is 14.0. The van der Waals surface area contributed by atoms with Gasteiger partial charge in [0.1, 0.15) is 0 Å². The summed E-state index contributed by atoms with van der Waals surface area (Å²) in [6, 6.07) is -0.260. The third-order valence-electron chi connectivity index (χ3n) is 3.00. The average molecular weight is 243 g/mol. The van der Waals surface area contributed by atoms with Crippen LogP contribution in [0.4, 0.5) is 0 Å². The molecule has 1 fully saturated rings. The lowest BCUT2D eigenvalue weighted by Gasteiger charge is -2.15. The molecule has 1 aliphatic rings. The van der Waals surface area contributed by atoms with Gasteiger partial charge in [0.15, 0.2) is 0 Å². The van der Waals surface area contributed by atoms with Gasteiger partial charge in [-0.25, -0.2) is 0 Å². The summed E-state index contributed by atoms with van der Waals surface area (Å²) < 4.78 is 5.43. The second kappa shape index (κ2) is 7.27. The molecule has 0 bridgehead atoms. The number of nitrogens with one attached hydrogen (secondary N) is 1. The van der Waals surface area contributed by atoms with E-state index in [0.717, 1.165) is 25.9 Å². The molecule has 2 unspecified atom stereocenters. The molecule has 0 saturated carbocycles. The maximum Gasteiger partial charge on any atom is 0.305 e. The highest BCUT2D eigenvalue weighted by molar-refractivity contribution is 5.77. The summed E-state index contributed by atoms with van der Waals surface area (Å²) in [4.78, 5) is 22.1. The summed E-state index contributed by atoms with van der Waals surface area (Å²) in [5, 5.41) is 11.4. The first-order valence-corrected chi connectivity index (χ1v) is 6.24. The molecule has 17 heavy (non-hydrogen) atoms. The molecule has 0 radical (unpaired) electrons. The van der Waals surface area contributed by atoms with Crippen molar-refractivity contribution in [2.75, 3.05) is 6.61 Å². The Morgan fingerprint density at radius 1 is 1.53 bits per heavy atom. The van der Waals surface area contributed by atoms with Gasteiger partial charge in [-0.1, -0.05) is 6.92 Å². The molecule has 1 aliphatic heterocycles. The third kappa shape index (κ3) is 5.68. The van der Waals surface area contributed by atoms with E-state index in [2.05, 4.69) is 5.32 Å². The molecule has 0 aliphatic carbocycles. The fraction of sp³-hybridized carbons (Fsp3) is 0.833. The second-order valence-electron chi connectivity index (χ2n) is 4.44. The molecule has 2 atom stereocenters. The maximum absolute atomic E-state index is 11.6. The van der Waals surface area contributed by atoms with Gasteiger partial charge in [0.05, 0.1) is 12.5 Å². The third-order valence-corrected chi connectivity index (χ3v) is 3.00. The Labute approximate surface area is 102 Å². The van der Waals surface area contributed by atoms with E-state index in [9.17, 15) is 9.59 Å². The topological polar surface area (TPSA) is 75.6 Å². The van der Waals surface area contributed by atoms with Crippen LogP contribution in [0.15, 0.2) is 0 Å². The number of carboxylic acids is 1. The Morgan fingerprint density at radius 3 is 2.82 bits per heavy atom. The lowest BCUT2D eigenvalue weighted by molar-refractivity contribution is -0.137. The van der Waals surface area contributed by atoms with Crippen LogP contribution in [-0.4, -0.2) is 35.7 Å². The molecule has 5 nitrogen and oxygen atoms in total. The van der Waals surface area contributed by atoms with E-state index in [1.54, 1.807) is 0 Å². The summed E-state index contributed by atoms with van der Waals surface area (Å²) in [6.07, 6.45) is 4.08. The highest BCUT2D eigenvalue weighted by atomic mass is 16.5. The van der Waals surface area contributed by atoms with Crippen LogP contribution in [0.1, 0.15) is 45.4 Å². The number of ether oxygens (including phenoxy) is 1. The lowest BCUT2D eigenvalue weighted by Crippen LogP contribution is -2.36. The fourth-order valence-electron chi connectivity index (χ4n) is 1.97. The van der Waals surface area contributed by atoms with E-state index in [1.165, 1.54) is 0 Å². The summed E-state index contributed by atoms with van der Waals surface area (Å²) in [7, 11) is 0. The van der Waals surface area contributed by atoms with Crippen LogP contribution in [0.5, 0.6) is 0 Å². The van der Waals surface area contributed by atoms with Gasteiger partial charge in [0.2, 0.25) is 5.91 Å². The number of hydrogen-bond acceptors (Lipinski definition) is 3. The van der Waals surface area contributed by atoms with Gasteiger partial charge in [-0.05, 0) is 25.7 Å². The SMILES string of the molecule is CCC(CC(=O)O)NC(=O)CCC1CCCO1. The standard InChI is InChI=1S/C12H21NO4/c1-2-9(8-12(15)16)13-11(14)6-5-10-4-3-7-17-10/h9-10H,2-8H2,1H3,(H,13,14)(H,15,16). The van der Waals surface area contributed by atoms with Crippen molar-refractivity contribution in [1.82, 2.24) is 5.32 Å². The molecule has 0 spiro atoms. The van der Waals surface area contributed by atoms with E-state index in [4.69, 9.17) is 9.84 Å². The average Bonchev–Trinajstić information content (AvgIpc) is 2.77. The smallest absolute Gasteiger partial charge is 0.305 e. The monoisotopic (exact) mass is 243 g/mol. The number of aliphatic carboxylic acids is 1. The van der Waals surface area contributed by atoms with Crippen molar-refractivity contribution in [3.05, 3.63) is 0 Å². The van der Waals surface area contributed by atoms with Crippen LogP contribution >= 0.6 is 0 Å². The number of rotatable bonds is 7. The zero-order chi connectivity index (χ0) is 12.7.